The molecule has 2 unspecified atom stereocenters. The van der Waals surface area contributed by atoms with Gasteiger partial charge in [-0.1, -0.05) is 13.0 Å². The largest absolute Gasteiger partial charge is 0.507 e. The molecule has 2 saturated carbocycles. The molecule has 0 saturated heterocycles. The van der Waals surface area contributed by atoms with E-state index in [9.17, 15) is 34.2 Å². The molecule has 0 radical (unpaired) electrons. The maximum atomic E-state index is 13.7. The fourth-order valence-corrected chi connectivity index (χ4v) is 6.28. The Kier molecular flexibility index (Phi) is 5.74. The van der Waals surface area contributed by atoms with Crippen LogP contribution >= 0.6 is 0 Å². The lowest BCUT2D eigenvalue weighted by Crippen LogP contribution is -2.74. The van der Waals surface area contributed by atoms with E-state index in [0.29, 0.717) is 17.5 Å². The molecule has 4 rings (SSSR count). The number of aryl methyl sites for hydroxylation is 1. The molecule has 10 heteroatoms. The van der Waals surface area contributed by atoms with E-state index in [0.717, 1.165) is 5.56 Å². The number of phenolic OH excluding ortho intramolecular Hbond substituents is 1. The van der Waals surface area contributed by atoms with Gasteiger partial charge in [-0.25, -0.2) is 0 Å². The normalized spacial score (nSPS) is 32.9. The number of nitrogens with zero attached hydrogens (tertiary/aromatic N) is 1. The first kappa shape index (κ1) is 24.2. The summed E-state index contributed by atoms with van der Waals surface area (Å²) in [5.41, 5.74) is 10.1. The number of carbonyl (C=O) groups excluding carboxylic acids is 5. The molecule has 0 aliphatic heterocycles. The van der Waals surface area contributed by atoms with E-state index in [1.54, 1.807) is 20.2 Å². The average Bonchev–Trinajstić information content (AvgIpc) is 2.76. The molecule has 0 spiro atoms. The number of aromatic hydroxyl groups is 1. The van der Waals surface area contributed by atoms with Crippen LogP contribution in [0.25, 0.3) is 0 Å². The van der Waals surface area contributed by atoms with E-state index in [-0.39, 0.29) is 30.7 Å². The third-order valence-electron chi connectivity index (χ3n) is 7.83. The summed E-state index contributed by atoms with van der Waals surface area (Å²) >= 11 is 0. The number of rotatable bonds is 4. The second-order valence-corrected chi connectivity index (χ2v) is 9.74. The zero-order valence-electron chi connectivity index (χ0n) is 19.3. The van der Waals surface area contributed by atoms with Gasteiger partial charge in [0.15, 0.2) is 34.7 Å². The molecule has 1 amide bonds. The van der Waals surface area contributed by atoms with E-state index < -0.39 is 64.4 Å². The minimum Gasteiger partial charge on any atom is -0.507 e. The van der Waals surface area contributed by atoms with Gasteiger partial charge in [0.25, 0.3) is 0 Å². The molecular weight excluding hydrogens is 442 g/mol. The number of carbonyl (C=O) groups is 5. The predicted molar refractivity (Wildman–Crippen MR) is 119 cm³/mol. The molecule has 6 N–H and O–H groups in total. The van der Waals surface area contributed by atoms with Gasteiger partial charge in [0.05, 0.1) is 17.5 Å². The van der Waals surface area contributed by atoms with Crippen LogP contribution in [-0.2, 0) is 38.6 Å². The second-order valence-electron chi connectivity index (χ2n) is 9.74. The van der Waals surface area contributed by atoms with Crippen LogP contribution in [-0.4, -0.2) is 69.9 Å². The second kappa shape index (κ2) is 8.07. The van der Waals surface area contributed by atoms with Crippen molar-refractivity contribution in [3.05, 3.63) is 28.3 Å². The molecule has 0 heterocycles. The number of aliphatic hydroxyl groups is 1. The number of nitrogens with two attached hydrogens (primary N) is 2. The summed E-state index contributed by atoms with van der Waals surface area (Å²) in [7, 11) is 3.10. The Morgan fingerprint density at radius 2 is 1.82 bits per heavy atom. The minimum atomic E-state index is -2.72. The molecule has 6 atom stereocenters. The topological polar surface area (TPSA) is 181 Å². The Bertz CT molecular complexity index is 1140. The minimum absolute atomic E-state index is 0.00797. The third kappa shape index (κ3) is 3.02. The smallest absolute Gasteiger partial charge is 0.235 e. The van der Waals surface area contributed by atoms with Gasteiger partial charge in [0.1, 0.15) is 5.75 Å². The lowest BCUT2D eigenvalue weighted by Gasteiger charge is -2.52. The van der Waals surface area contributed by atoms with Crippen LogP contribution in [0.2, 0.25) is 0 Å². The van der Waals surface area contributed by atoms with Gasteiger partial charge in [-0.05, 0) is 50.4 Å². The Labute approximate surface area is 196 Å². The molecule has 182 valence electrons. The van der Waals surface area contributed by atoms with Gasteiger partial charge in [-0.3, -0.25) is 28.9 Å². The van der Waals surface area contributed by atoms with E-state index in [2.05, 4.69) is 0 Å². The fourth-order valence-electron chi connectivity index (χ4n) is 6.28. The molecule has 3 aliphatic carbocycles. The van der Waals surface area contributed by atoms with Gasteiger partial charge in [-0.2, -0.15) is 0 Å². The summed E-state index contributed by atoms with van der Waals surface area (Å²) in [5, 5.41) is 22.3. The van der Waals surface area contributed by atoms with Crippen LogP contribution in [0.1, 0.15) is 40.4 Å². The monoisotopic (exact) mass is 471 g/mol. The highest BCUT2D eigenvalue weighted by atomic mass is 16.3. The molecule has 0 bridgehead atoms. The lowest BCUT2D eigenvalue weighted by molar-refractivity contribution is -0.181. The van der Waals surface area contributed by atoms with Crippen molar-refractivity contribution in [2.45, 2.75) is 44.4 Å². The molecule has 1 aromatic rings. The standard InChI is InChI=1S/C24H29N3O7/c1-4-9-5-11(8-25)18(28)15-12(9)6-10-7-13-17(27(2)3)20(30)16(23(26)33)22(32)24(13,34)21(31)14(10)19(15)29/h5,10,13-14,16-17,28,34H,4,6-8,25H2,1-3H3,(H2,26,33)/t10-,13-,14?,16?,17-,24-/m0/s1. The van der Waals surface area contributed by atoms with Gasteiger partial charge in [0.2, 0.25) is 5.91 Å². The summed E-state index contributed by atoms with van der Waals surface area (Å²) in [5.74, 6) is -10.4. The van der Waals surface area contributed by atoms with Crippen molar-refractivity contribution >= 4 is 29.0 Å². The third-order valence-corrected chi connectivity index (χ3v) is 7.83. The van der Waals surface area contributed by atoms with Crippen LogP contribution in [0.3, 0.4) is 0 Å². The number of primary amides is 1. The first-order valence-electron chi connectivity index (χ1n) is 11.3. The highest BCUT2D eigenvalue weighted by molar-refractivity contribution is 6.32. The summed E-state index contributed by atoms with van der Waals surface area (Å²) in [4.78, 5) is 67.1. The van der Waals surface area contributed by atoms with Gasteiger partial charge >= 0.3 is 0 Å². The average molecular weight is 472 g/mol. The van der Waals surface area contributed by atoms with Crippen molar-refractivity contribution in [1.29, 1.82) is 0 Å². The van der Waals surface area contributed by atoms with E-state index >= 15 is 0 Å². The number of likely N-dealkylation sites (N-methyl/N-ethyl adjacent to an activating group) is 1. The van der Waals surface area contributed by atoms with Crippen molar-refractivity contribution in [1.82, 2.24) is 4.90 Å². The molecule has 3 aliphatic rings. The summed E-state index contributed by atoms with van der Waals surface area (Å²) in [6.45, 7) is 1.89. The number of benzene rings is 1. The zero-order valence-corrected chi connectivity index (χ0v) is 19.3. The number of ketones is 4. The maximum absolute atomic E-state index is 13.7. The molecule has 1 aromatic carbocycles. The van der Waals surface area contributed by atoms with Crippen LogP contribution in [0.15, 0.2) is 6.07 Å². The highest BCUT2D eigenvalue weighted by Crippen LogP contribution is 2.51. The van der Waals surface area contributed by atoms with Crippen LogP contribution < -0.4 is 11.5 Å². The van der Waals surface area contributed by atoms with Crippen LogP contribution in [0.4, 0.5) is 0 Å². The van der Waals surface area contributed by atoms with Gasteiger partial charge in [0, 0.05) is 18.0 Å². The first-order chi connectivity index (χ1) is 15.9. The number of fused-ring (bicyclic) bond motifs is 3. The number of amides is 1. The quantitative estimate of drug-likeness (QED) is 0.396. The predicted octanol–water partition coefficient (Wildman–Crippen LogP) is -1.11. The zero-order chi connectivity index (χ0) is 25.3. The molecule has 2 fully saturated rings. The summed E-state index contributed by atoms with van der Waals surface area (Å²) in [6.07, 6.45) is 0.860. The maximum Gasteiger partial charge on any atom is 0.235 e. The van der Waals surface area contributed by atoms with Gasteiger partial charge in [-0.15, -0.1) is 0 Å². The van der Waals surface area contributed by atoms with Gasteiger partial charge < -0.3 is 21.7 Å². The fraction of sp³-hybridized carbons (Fsp3) is 0.542. The first-order valence-corrected chi connectivity index (χ1v) is 11.3. The summed E-state index contributed by atoms with van der Waals surface area (Å²) < 4.78 is 0. The molecular formula is C24H29N3O7. The Hall–Kier alpha value is -2.95. The SMILES string of the molecule is CCc1cc(CN)c(O)c2c1C[C@H]1C[C@H]3[C@H](N(C)C)C(=O)C(C(N)=O)C(=O)[C@@]3(O)C(=O)C1C2=O. The van der Waals surface area contributed by atoms with E-state index in [1.165, 1.54) is 4.90 Å². The number of hydrogen-bond donors (Lipinski definition) is 4. The number of hydrogen-bond acceptors (Lipinski definition) is 9. The van der Waals surface area contributed by atoms with Crippen LogP contribution in [0, 0.1) is 23.7 Å². The number of Topliss-reactive ketones (excluding diaryl/α,β-unsaturated/α-hetero) is 4. The van der Waals surface area contributed by atoms with Crippen molar-refractivity contribution in [2.75, 3.05) is 14.1 Å². The molecule has 0 aromatic heterocycles. The van der Waals surface area contributed by atoms with Crippen molar-refractivity contribution in [3.8, 4) is 5.75 Å². The Morgan fingerprint density at radius 1 is 1.18 bits per heavy atom. The Balaban J connectivity index is 1.90. The highest BCUT2D eigenvalue weighted by Gasteiger charge is 2.69. The molecule has 10 nitrogen and oxygen atoms in total. The Morgan fingerprint density at radius 3 is 2.35 bits per heavy atom. The molecule has 34 heavy (non-hydrogen) atoms. The van der Waals surface area contributed by atoms with E-state index in [1.807, 2.05) is 6.92 Å². The van der Waals surface area contributed by atoms with E-state index in [4.69, 9.17) is 11.5 Å². The number of phenols is 1. The van der Waals surface area contributed by atoms with Crippen LogP contribution in [0.5, 0.6) is 5.75 Å². The lowest BCUT2D eigenvalue weighted by atomic mass is 9.52. The van der Waals surface area contributed by atoms with Crippen molar-refractivity contribution < 1.29 is 34.2 Å². The van der Waals surface area contributed by atoms with Crippen molar-refractivity contribution in [2.24, 2.45) is 35.1 Å². The van der Waals surface area contributed by atoms with Crippen molar-refractivity contribution in [3.63, 3.8) is 0 Å². The summed E-state index contributed by atoms with van der Waals surface area (Å²) in [6, 6.07) is 0.636.